The summed E-state index contributed by atoms with van der Waals surface area (Å²) >= 11 is -0.889. The fourth-order valence-corrected chi connectivity index (χ4v) is 0.642. The Morgan fingerprint density at radius 3 is 0.615 bits per heavy atom. The summed E-state index contributed by atoms with van der Waals surface area (Å²) < 4.78 is 0. The topological polar surface area (TPSA) is 0 Å². The molecule has 0 aromatic carbocycles. The first-order valence-corrected chi connectivity index (χ1v) is 11.6. The van der Waals surface area contributed by atoms with Gasteiger partial charge in [0.15, 0.2) is 0 Å². The van der Waals surface area contributed by atoms with Gasteiger partial charge in [0, 0.05) is 0 Å². The number of halogens is 2. The van der Waals surface area contributed by atoms with Crippen molar-refractivity contribution < 1.29 is 17.6 Å². The van der Waals surface area contributed by atoms with Crippen LogP contribution in [0.1, 0.15) is 0 Å². The van der Waals surface area contributed by atoms with Crippen LogP contribution >= 0.6 is 18.4 Å². The maximum atomic E-state index is 4.94. The monoisotopic (exact) mass is 381 g/mol. The van der Waals surface area contributed by atoms with Crippen LogP contribution in [-0.4, -0.2) is 0 Å². The van der Waals surface area contributed by atoms with Gasteiger partial charge in [0.2, 0.25) is 0 Å². The Balaban J connectivity index is 0.000000174. The third-order valence-corrected chi connectivity index (χ3v) is 1.11. The van der Waals surface area contributed by atoms with Crippen LogP contribution < -0.4 is 0 Å². The molecule has 0 aliphatic heterocycles. The second-order valence-corrected chi connectivity index (χ2v) is 6.63. The molecule has 2 rings (SSSR count). The molecule has 0 nitrogen and oxygen atoms in total. The number of hydrogen-bond acceptors (Lipinski definition) is 0. The van der Waals surface area contributed by atoms with Gasteiger partial charge in [-0.1, -0.05) is 0 Å². The zero-order valence-electron chi connectivity index (χ0n) is 6.98. The van der Waals surface area contributed by atoms with Crippen molar-refractivity contribution in [3.63, 3.8) is 0 Å². The van der Waals surface area contributed by atoms with E-state index in [1.807, 2.05) is 64.2 Å². The molecule has 10 radical (unpaired) electrons. The predicted octanol–water partition coefficient (Wildman–Crippen LogP) is 3.42. The van der Waals surface area contributed by atoms with Crippen molar-refractivity contribution in [2.75, 3.05) is 0 Å². The zero-order chi connectivity index (χ0) is 9.78. The summed E-state index contributed by atoms with van der Waals surface area (Å²) in [6.45, 7) is 0. The Bertz CT molecular complexity index is 55.8. The zero-order valence-corrected chi connectivity index (χ0v) is 11.7. The van der Waals surface area contributed by atoms with E-state index in [-0.39, 0.29) is 0 Å². The van der Waals surface area contributed by atoms with Crippen LogP contribution in [0, 0.1) is 64.2 Å². The molecule has 13 heavy (non-hydrogen) atoms. The number of rotatable bonds is 0. The molecular weight excluding hydrogens is 372 g/mol. The van der Waals surface area contributed by atoms with E-state index in [0.717, 1.165) is 0 Å². The summed E-state index contributed by atoms with van der Waals surface area (Å²) in [7, 11) is 9.89. The number of hydrogen-bond donors (Lipinski definition) is 0. The molecule has 0 aromatic rings. The molecule has 2 saturated carbocycles. The Labute approximate surface area is 99.7 Å². The first kappa shape index (κ1) is 14.3. The molecule has 69 valence electrons. The molecule has 2 fully saturated rings. The van der Waals surface area contributed by atoms with E-state index < -0.39 is 17.6 Å². The van der Waals surface area contributed by atoms with Crippen molar-refractivity contribution in [2.24, 2.45) is 0 Å². The predicted molar refractivity (Wildman–Crippen MR) is 54.7 cm³/mol. The fraction of sp³-hybridized carbons (Fsp3) is 0. The average molecular weight is 382 g/mol. The first-order valence-electron chi connectivity index (χ1n) is 3.67. The van der Waals surface area contributed by atoms with Crippen molar-refractivity contribution in [3.05, 3.63) is 64.2 Å². The van der Waals surface area contributed by atoms with E-state index in [1.54, 1.807) is 0 Å². The van der Waals surface area contributed by atoms with Gasteiger partial charge in [0.05, 0.1) is 0 Å². The standard InChI is InChI=1S/2C5H5.2ClH.Ta/c2*1-2-4-5-3-1;;;/h2*1-5H;2*1H;/q;;;;+2/p-2. The Hall–Kier alpha value is 1.32. The van der Waals surface area contributed by atoms with E-state index in [1.165, 1.54) is 0 Å². The van der Waals surface area contributed by atoms with Gasteiger partial charge in [-0.15, -0.1) is 0 Å². The SMILES string of the molecule is [CH]1[CH][CH][CH][CH]1.[CH]1[CH][CH][CH][CH]1.[Cl][Ta][Cl]. The molecule has 2 aliphatic rings. The van der Waals surface area contributed by atoms with Crippen LogP contribution in [0.25, 0.3) is 0 Å². The first-order chi connectivity index (χ1) is 6.41. The van der Waals surface area contributed by atoms with Gasteiger partial charge in [-0.2, -0.15) is 0 Å². The second-order valence-electron chi connectivity index (χ2n) is 1.99. The molecular formula is C10H10Cl2Ta. The summed E-state index contributed by atoms with van der Waals surface area (Å²) in [4.78, 5) is 0. The van der Waals surface area contributed by atoms with Crippen LogP contribution in [0.15, 0.2) is 0 Å². The Kier molecular flexibility index (Phi) is 14.7. The summed E-state index contributed by atoms with van der Waals surface area (Å²) in [5, 5.41) is 0. The van der Waals surface area contributed by atoms with Gasteiger partial charge in [-0.05, 0) is 64.2 Å². The summed E-state index contributed by atoms with van der Waals surface area (Å²) in [5.74, 6) is 0. The third-order valence-electron chi connectivity index (χ3n) is 1.11. The molecule has 0 bridgehead atoms. The van der Waals surface area contributed by atoms with Gasteiger partial charge >= 0.3 is 36.0 Å². The van der Waals surface area contributed by atoms with Crippen molar-refractivity contribution in [3.8, 4) is 0 Å². The van der Waals surface area contributed by atoms with Crippen LogP contribution in [0.2, 0.25) is 0 Å². The van der Waals surface area contributed by atoms with Crippen molar-refractivity contribution in [1.29, 1.82) is 0 Å². The summed E-state index contributed by atoms with van der Waals surface area (Å²) in [6.07, 6.45) is 20.0. The molecule has 0 N–H and O–H groups in total. The molecule has 2 aliphatic carbocycles. The van der Waals surface area contributed by atoms with Crippen LogP contribution in [-0.2, 0) is 17.6 Å². The second kappa shape index (κ2) is 13.3. The maximum absolute atomic E-state index is 4.94. The molecule has 0 aromatic heterocycles. The molecule has 0 heterocycles. The van der Waals surface area contributed by atoms with E-state index in [4.69, 9.17) is 18.4 Å². The molecule has 0 saturated heterocycles. The van der Waals surface area contributed by atoms with Gasteiger partial charge in [-0.3, -0.25) is 0 Å². The van der Waals surface area contributed by atoms with Gasteiger partial charge in [0.25, 0.3) is 0 Å². The van der Waals surface area contributed by atoms with Crippen molar-refractivity contribution in [1.82, 2.24) is 0 Å². The van der Waals surface area contributed by atoms with E-state index in [9.17, 15) is 0 Å². The fourth-order valence-electron chi connectivity index (χ4n) is 0.642. The van der Waals surface area contributed by atoms with Gasteiger partial charge in [-0.25, -0.2) is 0 Å². The molecule has 0 spiro atoms. The van der Waals surface area contributed by atoms with Crippen LogP contribution in [0.4, 0.5) is 0 Å². The third kappa shape index (κ3) is 13.3. The summed E-state index contributed by atoms with van der Waals surface area (Å²) in [6, 6.07) is 0. The molecule has 0 amide bonds. The minimum absolute atomic E-state index is 0.889. The average Bonchev–Trinajstić information content (AvgIpc) is 2.85. The molecule has 0 unspecified atom stereocenters. The molecule has 0 atom stereocenters. The van der Waals surface area contributed by atoms with Gasteiger partial charge in [0.1, 0.15) is 0 Å². The van der Waals surface area contributed by atoms with E-state index in [0.29, 0.717) is 0 Å². The summed E-state index contributed by atoms with van der Waals surface area (Å²) in [5.41, 5.74) is 0. The molecule has 3 heteroatoms. The quantitative estimate of drug-likeness (QED) is 0.603. The van der Waals surface area contributed by atoms with Gasteiger partial charge < -0.3 is 0 Å². The van der Waals surface area contributed by atoms with Crippen LogP contribution in [0.3, 0.4) is 0 Å². The van der Waals surface area contributed by atoms with Crippen LogP contribution in [0.5, 0.6) is 0 Å². The van der Waals surface area contributed by atoms with Crippen molar-refractivity contribution in [2.45, 2.75) is 0 Å². The van der Waals surface area contributed by atoms with E-state index in [2.05, 4.69) is 0 Å². The normalized spacial score (nSPS) is 19.5. The Morgan fingerprint density at radius 1 is 0.462 bits per heavy atom. The minimum atomic E-state index is -0.889. The van der Waals surface area contributed by atoms with E-state index >= 15 is 0 Å². The Morgan fingerprint density at radius 2 is 0.538 bits per heavy atom. The van der Waals surface area contributed by atoms with Crippen molar-refractivity contribution >= 4 is 18.4 Å².